The van der Waals surface area contributed by atoms with Crippen molar-refractivity contribution in [1.29, 1.82) is 0 Å². The maximum absolute atomic E-state index is 13.7. The summed E-state index contributed by atoms with van der Waals surface area (Å²) in [5, 5.41) is 6.66. The number of nitrogens with one attached hydrogen (secondary N) is 1. The quantitative estimate of drug-likeness (QED) is 0.220. The lowest BCUT2D eigenvalue weighted by atomic mass is 9.88. The Morgan fingerprint density at radius 1 is 0.911 bits per heavy atom. The Balaban J connectivity index is 1.22. The zero-order chi connectivity index (χ0) is 32.4. The molecule has 3 aromatic carbocycles. The highest BCUT2D eigenvalue weighted by atomic mass is 32.2. The number of nitrogens with zero attached hydrogens (tertiary/aromatic N) is 3. The number of hydrogen-bond donors (Lipinski definition) is 1. The van der Waals surface area contributed by atoms with Crippen LogP contribution >= 0.6 is 0 Å². The number of likely N-dealkylation sites (tertiary alicyclic amines) is 1. The van der Waals surface area contributed by atoms with Crippen LogP contribution in [0.25, 0.3) is 0 Å². The van der Waals surface area contributed by atoms with Crippen molar-refractivity contribution in [1.82, 2.24) is 15.1 Å². The molecule has 1 amide bonds. The van der Waals surface area contributed by atoms with E-state index >= 15 is 0 Å². The lowest BCUT2D eigenvalue weighted by Crippen LogP contribution is -2.38. The molecule has 1 aliphatic rings. The fourth-order valence-corrected chi connectivity index (χ4v) is 6.66. The Bertz CT molecular complexity index is 1770. The van der Waals surface area contributed by atoms with Crippen LogP contribution in [0.3, 0.4) is 0 Å². The van der Waals surface area contributed by atoms with Gasteiger partial charge in [-0.3, -0.25) is 9.52 Å². The molecule has 0 saturated carbocycles. The maximum atomic E-state index is 13.7. The molecule has 0 radical (unpaired) electrons. The van der Waals surface area contributed by atoms with Crippen LogP contribution in [0.1, 0.15) is 62.6 Å². The molecule has 1 saturated heterocycles. The number of amides is 1. The second-order valence-corrected chi connectivity index (χ2v) is 12.9. The van der Waals surface area contributed by atoms with Crippen molar-refractivity contribution >= 4 is 21.6 Å². The minimum Gasteiger partial charge on any atom is -0.438 e. The van der Waals surface area contributed by atoms with Crippen molar-refractivity contribution < 1.29 is 31.1 Å². The second-order valence-electron chi connectivity index (χ2n) is 11.2. The fraction of sp³-hybridized carbons (Fsp3) is 0.303. The molecule has 0 unspecified atom stereocenters. The van der Waals surface area contributed by atoms with Gasteiger partial charge in [-0.15, -0.1) is 10.2 Å². The van der Waals surface area contributed by atoms with Gasteiger partial charge >= 0.3 is 6.18 Å². The molecule has 5 rings (SSSR count). The molecule has 1 aliphatic heterocycles. The van der Waals surface area contributed by atoms with Crippen LogP contribution in [0.15, 0.2) is 72.8 Å². The average molecular weight is 639 g/mol. The number of aromatic nitrogens is 2. The SMILES string of the molecule is Cc1c(NS(=O)(=O)Cc2ccccc2)cc(C(=O)N2CCC(c3ccc(Oc4ccc(C(F)(F)F)nn4)cc3)CC2)c(C)c1C. The number of ether oxygens (including phenoxy) is 1. The van der Waals surface area contributed by atoms with Crippen LogP contribution in [0.2, 0.25) is 0 Å². The zero-order valence-corrected chi connectivity index (χ0v) is 25.9. The van der Waals surface area contributed by atoms with E-state index in [4.69, 9.17) is 4.74 Å². The van der Waals surface area contributed by atoms with Gasteiger partial charge in [0.2, 0.25) is 15.9 Å². The molecular weight excluding hydrogens is 605 g/mol. The van der Waals surface area contributed by atoms with E-state index in [0.29, 0.717) is 35.7 Å². The monoisotopic (exact) mass is 638 g/mol. The van der Waals surface area contributed by atoms with Crippen molar-refractivity contribution in [3.8, 4) is 11.6 Å². The van der Waals surface area contributed by atoms with Crippen molar-refractivity contribution in [3.63, 3.8) is 0 Å². The topological polar surface area (TPSA) is 101 Å². The Hall–Kier alpha value is -4.45. The van der Waals surface area contributed by atoms with E-state index in [-0.39, 0.29) is 23.5 Å². The first kappa shape index (κ1) is 32.0. The number of carbonyl (C=O) groups excluding carboxylic acids is 1. The number of hydrogen-bond acceptors (Lipinski definition) is 6. The van der Waals surface area contributed by atoms with Gasteiger partial charge in [0.25, 0.3) is 5.91 Å². The van der Waals surface area contributed by atoms with Crippen molar-refractivity contribution in [2.75, 3.05) is 17.8 Å². The molecule has 236 valence electrons. The lowest BCUT2D eigenvalue weighted by molar-refractivity contribution is -0.141. The second kappa shape index (κ2) is 12.9. The van der Waals surface area contributed by atoms with E-state index in [1.165, 1.54) is 0 Å². The van der Waals surface area contributed by atoms with E-state index < -0.39 is 21.9 Å². The van der Waals surface area contributed by atoms with Gasteiger partial charge in [-0.25, -0.2) is 8.42 Å². The normalized spacial score (nSPS) is 14.3. The van der Waals surface area contributed by atoms with Crippen molar-refractivity contribution in [2.45, 2.75) is 51.5 Å². The summed E-state index contributed by atoms with van der Waals surface area (Å²) in [6.45, 7) is 6.68. The Morgan fingerprint density at radius 2 is 1.58 bits per heavy atom. The predicted molar refractivity (Wildman–Crippen MR) is 165 cm³/mol. The molecule has 0 bridgehead atoms. The minimum absolute atomic E-state index is 0.0450. The van der Waals surface area contributed by atoms with E-state index in [1.807, 2.05) is 39.0 Å². The summed E-state index contributed by atoms with van der Waals surface area (Å²) in [4.78, 5) is 15.5. The van der Waals surface area contributed by atoms with Crippen LogP contribution in [-0.2, 0) is 22.0 Å². The highest BCUT2D eigenvalue weighted by molar-refractivity contribution is 7.91. The van der Waals surface area contributed by atoms with Gasteiger partial charge in [0.05, 0.1) is 11.4 Å². The molecule has 0 aliphatic carbocycles. The first-order valence-electron chi connectivity index (χ1n) is 14.4. The highest BCUT2D eigenvalue weighted by Gasteiger charge is 2.33. The first-order chi connectivity index (χ1) is 21.3. The third-order valence-corrected chi connectivity index (χ3v) is 9.45. The largest absolute Gasteiger partial charge is 0.438 e. The Labute approximate surface area is 260 Å². The smallest absolute Gasteiger partial charge is 0.435 e. The fourth-order valence-electron chi connectivity index (χ4n) is 5.41. The maximum Gasteiger partial charge on any atom is 0.435 e. The number of sulfonamides is 1. The number of benzene rings is 3. The Morgan fingerprint density at radius 3 is 2.18 bits per heavy atom. The lowest BCUT2D eigenvalue weighted by Gasteiger charge is -2.33. The van der Waals surface area contributed by atoms with Crippen molar-refractivity contribution in [3.05, 3.63) is 112 Å². The van der Waals surface area contributed by atoms with E-state index in [2.05, 4.69) is 14.9 Å². The molecular formula is C33H33F3N4O4S. The van der Waals surface area contributed by atoms with Crippen LogP contribution in [-0.4, -0.2) is 42.5 Å². The van der Waals surface area contributed by atoms with Gasteiger partial charge in [-0.1, -0.05) is 42.5 Å². The van der Waals surface area contributed by atoms with Crippen LogP contribution in [0, 0.1) is 20.8 Å². The average Bonchev–Trinajstić information content (AvgIpc) is 3.01. The molecule has 2 heterocycles. The van der Waals surface area contributed by atoms with Crippen LogP contribution in [0.5, 0.6) is 11.6 Å². The zero-order valence-electron chi connectivity index (χ0n) is 25.1. The molecule has 8 nitrogen and oxygen atoms in total. The van der Waals surface area contributed by atoms with Gasteiger partial charge < -0.3 is 9.64 Å². The van der Waals surface area contributed by atoms with Gasteiger partial charge in [0.1, 0.15) is 5.75 Å². The number of alkyl halides is 3. The summed E-state index contributed by atoms with van der Waals surface area (Å²) in [7, 11) is -3.70. The van der Waals surface area contributed by atoms with E-state index in [1.54, 1.807) is 47.4 Å². The number of piperidine rings is 1. The molecule has 12 heteroatoms. The third kappa shape index (κ3) is 7.62. The van der Waals surface area contributed by atoms with Crippen molar-refractivity contribution in [2.24, 2.45) is 0 Å². The van der Waals surface area contributed by atoms with Gasteiger partial charge in [-0.05, 0) is 91.6 Å². The van der Waals surface area contributed by atoms with E-state index in [0.717, 1.165) is 47.2 Å². The minimum atomic E-state index is -4.57. The summed E-state index contributed by atoms with van der Waals surface area (Å²) < 4.78 is 72.3. The van der Waals surface area contributed by atoms with E-state index in [9.17, 15) is 26.4 Å². The number of carbonyl (C=O) groups is 1. The molecule has 1 fully saturated rings. The summed E-state index contributed by atoms with van der Waals surface area (Å²) in [6.07, 6.45) is -3.11. The highest BCUT2D eigenvalue weighted by Crippen LogP contribution is 2.33. The van der Waals surface area contributed by atoms with Gasteiger partial charge in [0, 0.05) is 24.7 Å². The number of anilines is 1. The molecule has 1 aromatic heterocycles. The summed E-state index contributed by atoms with van der Waals surface area (Å²) in [6, 6.07) is 19.8. The van der Waals surface area contributed by atoms with Crippen LogP contribution in [0.4, 0.5) is 18.9 Å². The predicted octanol–water partition coefficient (Wildman–Crippen LogP) is 7.17. The van der Waals surface area contributed by atoms with Crippen LogP contribution < -0.4 is 9.46 Å². The summed E-state index contributed by atoms with van der Waals surface area (Å²) >= 11 is 0. The molecule has 4 aromatic rings. The number of halogens is 3. The standard InChI is InChI=1S/C33H33F3N4O4S/c1-21-22(2)28(19-29(23(21)3)39-45(42,43)20-24-7-5-4-6-8-24)32(41)40-17-15-26(16-18-40)25-9-11-27(12-10-25)44-31-14-13-30(37-38-31)33(34,35)36/h4-14,19,26,39H,15-18,20H2,1-3H3. The summed E-state index contributed by atoms with van der Waals surface area (Å²) in [5.74, 6) is 0.263. The first-order valence-corrected chi connectivity index (χ1v) is 16.1. The third-order valence-electron chi connectivity index (χ3n) is 8.20. The Kier molecular flexibility index (Phi) is 9.15. The molecule has 0 spiro atoms. The molecule has 45 heavy (non-hydrogen) atoms. The molecule has 1 N–H and O–H groups in total. The summed E-state index contributed by atoms with van der Waals surface area (Å²) in [5.41, 5.74) is 3.96. The number of rotatable bonds is 8. The van der Waals surface area contributed by atoms with Gasteiger partial charge in [-0.2, -0.15) is 13.2 Å². The molecule has 0 atom stereocenters. The van der Waals surface area contributed by atoms with Gasteiger partial charge in [0.15, 0.2) is 5.69 Å².